The van der Waals surface area contributed by atoms with Crippen LogP contribution in [0.4, 0.5) is 0 Å². The van der Waals surface area contributed by atoms with Gasteiger partial charge in [0.05, 0.1) is 0 Å². The fourth-order valence-electron chi connectivity index (χ4n) is 3.04. The van der Waals surface area contributed by atoms with Gasteiger partial charge in [0.1, 0.15) is 5.75 Å². The van der Waals surface area contributed by atoms with Crippen LogP contribution in [0.15, 0.2) is 72.8 Å². The summed E-state index contributed by atoms with van der Waals surface area (Å²) in [4.78, 5) is 0. The van der Waals surface area contributed by atoms with E-state index in [0.717, 1.165) is 11.1 Å². The SMILES string of the molecule is Cc1cc(-c2cccc3cc4ccccc4cc23)ccc1O. The Bertz CT molecular complexity index is 999. The summed E-state index contributed by atoms with van der Waals surface area (Å²) in [5.41, 5.74) is 3.23. The number of aryl methyl sites for hydroxylation is 1. The number of hydrogen-bond donors (Lipinski definition) is 1. The zero-order valence-electron chi connectivity index (χ0n) is 12.4. The lowest BCUT2D eigenvalue weighted by Gasteiger charge is -2.10. The van der Waals surface area contributed by atoms with Crippen LogP contribution in [0.5, 0.6) is 5.75 Å². The van der Waals surface area contributed by atoms with E-state index >= 15 is 0 Å². The first-order valence-electron chi connectivity index (χ1n) is 7.44. The maximum Gasteiger partial charge on any atom is 0.118 e. The van der Waals surface area contributed by atoms with E-state index < -0.39 is 0 Å². The van der Waals surface area contributed by atoms with Crippen molar-refractivity contribution in [2.45, 2.75) is 6.92 Å². The summed E-state index contributed by atoms with van der Waals surface area (Å²) in [7, 11) is 0. The van der Waals surface area contributed by atoms with Crippen LogP contribution < -0.4 is 0 Å². The van der Waals surface area contributed by atoms with E-state index in [1.54, 1.807) is 6.07 Å². The van der Waals surface area contributed by atoms with Gasteiger partial charge < -0.3 is 5.11 Å². The molecule has 1 nitrogen and oxygen atoms in total. The zero-order valence-corrected chi connectivity index (χ0v) is 12.4. The first-order chi connectivity index (χ1) is 10.7. The Kier molecular flexibility index (Phi) is 2.87. The van der Waals surface area contributed by atoms with Gasteiger partial charge in [0.2, 0.25) is 0 Å². The summed E-state index contributed by atoms with van der Waals surface area (Å²) in [5.74, 6) is 0.342. The Balaban J connectivity index is 2.04. The number of benzene rings is 4. The van der Waals surface area contributed by atoms with Crippen molar-refractivity contribution < 1.29 is 5.11 Å². The molecule has 0 aliphatic carbocycles. The Morgan fingerprint density at radius 3 is 2.18 bits per heavy atom. The standard InChI is InChI=1S/C21H16O/c1-14-11-18(9-10-21(14)22)19-8-4-7-17-12-15-5-2-3-6-16(15)13-20(17)19/h2-13,22H,1H3. The third-order valence-electron chi connectivity index (χ3n) is 4.25. The summed E-state index contributed by atoms with van der Waals surface area (Å²) in [6.07, 6.45) is 0. The second kappa shape index (κ2) is 4.88. The minimum absolute atomic E-state index is 0.342. The molecule has 1 N–H and O–H groups in total. The highest BCUT2D eigenvalue weighted by Crippen LogP contribution is 2.33. The fourth-order valence-corrected chi connectivity index (χ4v) is 3.04. The summed E-state index contributed by atoms with van der Waals surface area (Å²) in [6, 6.07) is 25.1. The maximum absolute atomic E-state index is 9.75. The summed E-state index contributed by atoms with van der Waals surface area (Å²) < 4.78 is 0. The van der Waals surface area contributed by atoms with Crippen LogP contribution in [0.1, 0.15) is 5.56 Å². The predicted octanol–water partition coefficient (Wildman–Crippen LogP) is 5.67. The monoisotopic (exact) mass is 284 g/mol. The van der Waals surface area contributed by atoms with Crippen LogP contribution in [-0.2, 0) is 0 Å². The Morgan fingerprint density at radius 1 is 0.682 bits per heavy atom. The molecule has 1 heteroatoms. The Hall–Kier alpha value is -2.80. The molecule has 4 aromatic rings. The van der Waals surface area contributed by atoms with E-state index in [9.17, 15) is 5.11 Å². The van der Waals surface area contributed by atoms with E-state index in [-0.39, 0.29) is 0 Å². The van der Waals surface area contributed by atoms with Crippen molar-refractivity contribution in [2.75, 3.05) is 0 Å². The average Bonchev–Trinajstić information content (AvgIpc) is 2.55. The van der Waals surface area contributed by atoms with Gasteiger partial charge in [-0.25, -0.2) is 0 Å². The molecule has 0 bridgehead atoms. The van der Waals surface area contributed by atoms with Gasteiger partial charge in [0.15, 0.2) is 0 Å². The van der Waals surface area contributed by atoms with Gasteiger partial charge in [-0.05, 0) is 69.4 Å². The average molecular weight is 284 g/mol. The molecule has 0 radical (unpaired) electrons. The van der Waals surface area contributed by atoms with Crippen molar-refractivity contribution in [3.8, 4) is 16.9 Å². The molecule has 0 saturated heterocycles. The van der Waals surface area contributed by atoms with E-state index in [1.165, 1.54) is 27.1 Å². The molecule has 0 saturated carbocycles. The van der Waals surface area contributed by atoms with Gasteiger partial charge in [0, 0.05) is 0 Å². The number of aromatic hydroxyl groups is 1. The van der Waals surface area contributed by atoms with Crippen LogP contribution in [0.2, 0.25) is 0 Å². The third kappa shape index (κ3) is 2.03. The van der Waals surface area contributed by atoms with Gasteiger partial charge >= 0.3 is 0 Å². The van der Waals surface area contributed by atoms with Crippen molar-refractivity contribution in [3.05, 3.63) is 78.4 Å². The lowest BCUT2D eigenvalue weighted by atomic mass is 9.95. The van der Waals surface area contributed by atoms with E-state index in [0.29, 0.717) is 5.75 Å². The number of phenols is 1. The maximum atomic E-state index is 9.75. The van der Waals surface area contributed by atoms with Gasteiger partial charge in [-0.2, -0.15) is 0 Å². The molecule has 4 rings (SSSR count). The normalized spacial score (nSPS) is 11.1. The van der Waals surface area contributed by atoms with Crippen molar-refractivity contribution in [3.63, 3.8) is 0 Å². The minimum Gasteiger partial charge on any atom is -0.508 e. The number of phenolic OH excluding ortho intramolecular Hbond substituents is 1. The predicted molar refractivity (Wildman–Crippen MR) is 93.3 cm³/mol. The molecular weight excluding hydrogens is 268 g/mol. The van der Waals surface area contributed by atoms with Crippen molar-refractivity contribution in [2.24, 2.45) is 0 Å². The van der Waals surface area contributed by atoms with Gasteiger partial charge in [-0.15, -0.1) is 0 Å². The minimum atomic E-state index is 0.342. The lowest BCUT2D eigenvalue weighted by Crippen LogP contribution is -1.84. The lowest BCUT2D eigenvalue weighted by molar-refractivity contribution is 0.471. The number of rotatable bonds is 1. The molecule has 0 amide bonds. The summed E-state index contributed by atoms with van der Waals surface area (Å²) in [6.45, 7) is 1.93. The van der Waals surface area contributed by atoms with Crippen LogP contribution >= 0.6 is 0 Å². The molecule has 0 aliphatic heterocycles. The molecule has 0 fully saturated rings. The first-order valence-corrected chi connectivity index (χ1v) is 7.44. The van der Waals surface area contributed by atoms with Gasteiger partial charge in [-0.1, -0.05) is 48.5 Å². The van der Waals surface area contributed by atoms with Gasteiger partial charge in [0.25, 0.3) is 0 Å². The summed E-state index contributed by atoms with van der Waals surface area (Å²) >= 11 is 0. The highest BCUT2D eigenvalue weighted by Gasteiger charge is 2.07. The molecule has 0 aromatic heterocycles. The number of fused-ring (bicyclic) bond motifs is 2. The largest absolute Gasteiger partial charge is 0.508 e. The van der Waals surface area contributed by atoms with Crippen molar-refractivity contribution >= 4 is 21.5 Å². The number of hydrogen-bond acceptors (Lipinski definition) is 1. The smallest absolute Gasteiger partial charge is 0.118 e. The molecule has 0 aliphatic rings. The van der Waals surface area contributed by atoms with Crippen molar-refractivity contribution in [1.82, 2.24) is 0 Å². The highest BCUT2D eigenvalue weighted by atomic mass is 16.3. The topological polar surface area (TPSA) is 20.2 Å². The summed E-state index contributed by atoms with van der Waals surface area (Å²) in [5, 5.41) is 14.7. The van der Waals surface area contributed by atoms with Crippen molar-refractivity contribution in [1.29, 1.82) is 0 Å². The second-order valence-electron chi connectivity index (χ2n) is 5.73. The van der Waals surface area contributed by atoms with E-state index in [4.69, 9.17) is 0 Å². The highest BCUT2D eigenvalue weighted by molar-refractivity contribution is 6.04. The molecule has 22 heavy (non-hydrogen) atoms. The molecule has 4 aromatic carbocycles. The molecule has 0 unspecified atom stereocenters. The molecule has 0 atom stereocenters. The van der Waals surface area contributed by atoms with E-state index in [1.807, 2.05) is 19.1 Å². The third-order valence-corrected chi connectivity index (χ3v) is 4.25. The van der Waals surface area contributed by atoms with Crippen LogP contribution in [-0.4, -0.2) is 5.11 Å². The Labute approximate surface area is 129 Å². The second-order valence-corrected chi connectivity index (χ2v) is 5.73. The van der Waals surface area contributed by atoms with Crippen LogP contribution in [0.25, 0.3) is 32.7 Å². The van der Waals surface area contributed by atoms with Crippen LogP contribution in [0.3, 0.4) is 0 Å². The molecule has 0 spiro atoms. The van der Waals surface area contributed by atoms with E-state index in [2.05, 4.69) is 54.6 Å². The molecule has 106 valence electrons. The fraction of sp³-hybridized carbons (Fsp3) is 0.0476. The zero-order chi connectivity index (χ0) is 15.1. The van der Waals surface area contributed by atoms with Crippen LogP contribution in [0, 0.1) is 6.92 Å². The van der Waals surface area contributed by atoms with Gasteiger partial charge in [-0.3, -0.25) is 0 Å². The first kappa shape index (κ1) is 12.9. The molecular formula is C21H16O. The quantitative estimate of drug-likeness (QED) is 0.446. The Morgan fingerprint density at radius 2 is 1.41 bits per heavy atom. The molecule has 0 heterocycles.